The molecule has 12 rings (SSSR count). The quantitative estimate of drug-likeness (QED) is 0.136. The van der Waals surface area contributed by atoms with E-state index in [9.17, 15) is 0 Å². The fourth-order valence-corrected chi connectivity index (χ4v) is 10.1. The van der Waals surface area contributed by atoms with Gasteiger partial charge in [-0.2, -0.15) is 0 Å². The van der Waals surface area contributed by atoms with Crippen LogP contribution in [0, 0.1) is 0 Å². The minimum absolute atomic E-state index is 0.991. The Morgan fingerprint density at radius 1 is 0.359 bits per heavy atom. The highest BCUT2D eigenvalue weighted by atomic mass is 15.0. The molecule has 304 valence electrons. The molecule has 0 aliphatic rings. The van der Waals surface area contributed by atoms with Crippen LogP contribution < -0.4 is 0 Å². The highest BCUT2D eigenvalue weighted by Gasteiger charge is 2.19. The molecular weight excluding hydrogens is 775 g/mol. The van der Waals surface area contributed by atoms with Gasteiger partial charge in [0, 0.05) is 49.4 Å². The molecule has 9 aromatic carbocycles. The van der Waals surface area contributed by atoms with E-state index in [2.05, 4.69) is 252 Å². The maximum absolute atomic E-state index is 2.45. The zero-order chi connectivity index (χ0) is 42.7. The summed E-state index contributed by atoms with van der Waals surface area (Å²) >= 11 is 0. The third kappa shape index (κ3) is 6.04. The summed E-state index contributed by atoms with van der Waals surface area (Å²) in [6, 6.07) is 75.9. The highest BCUT2D eigenvalue weighted by molar-refractivity contribution is 6.14. The number of fused-ring (bicyclic) bond motifs is 9. The summed E-state index contributed by atoms with van der Waals surface area (Å²) < 4.78 is 7.27. The fraction of sp³-hybridized carbons (Fsp3) is 0.0492. The normalized spacial score (nSPS) is 12.3. The van der Waals surface area contributed by atoms with Crippen LogP contribution in [0.1, 0.15) is 25.8 Å². The summed E-state index contributed by atoms with van der Waals surface area (Å²) in [6.07, 6.45) is 7.71. The second-order valence-corrected chi connectivity index (χ2v) is 16.7. The van der Waals surface area contributed by atoms with E-state index in [4.69, 9.17) is 0 Å². The molecule has 0 fully saturated rings. The Bertz CT molecular complexity index is 3820. The van der Waals surface area contributed by atoms with Gasteiger partial charge in [-0.3, -0.25) is 0 Å². The monoisotopic (exact) mass is 819 g/mol. The molecule has 12 aromatic rings. The van der Waals surface area contributed by atoms with Gasteiger partial charge < -0.3 is 13.7 Å². The number of nitrogens with zero attached hydrogens (tertiary/aromatic N) is 3. The van der Waals surface area contributed by atoms with Crippen molar-refractivity contribution in [3.8, 4) is 39.3 Å². The van der Waals surface area contributed by atoms with Crippen LogP contribution in [0.3, 0.4) is 0 Å². The summed E-state index contributed by atoms with van der Waals surface area (Å²) in [6.45, 7) is 4.32. The van der Waals surface area contributed by atoms with E-state index in [1.54, 1.807) is 0 Å². The van der Waals surface area contributed by atoms with Crippen molar-refractivity contribution in [1.82, 2.24) is 13.7 Å². The van der Waals surface area contributed by atoms with Gasteiger partial charge in [0.05, 0.1) is 33.1 Å². The Kier molecular flexibility index (Phi) is 9.01. The third-order valence-electron chi connectivity index (χ3n) is 13.1. The van der Waals surface area contributed by atoms with Crippen molar-refractivity contribution in [3.05, 3.63) is 230 Å². The van der Waals surface area contributed by atoms with E-state index in [1.807, 2.05) is 0 Å². The summed E-state index contributed by atoms with van der Waals surface area (Å²) in [4.78, 5) is 0. The van der Waals surface area contributed by atoms with Gasteiger partial charge >= 0.3 is 0 Å². The predicted octanol–water partition coefficient (Wildman–Crippen LogP) is 16.7. The summed E-state index contributed by atoms with van der Waals surface area (Å²) in [5, 5.41) is 7.45. The molecule has 0 saturated heterocycles. The molecule has 0 spiro atoms. The Morgan fingerprint density at radius 2 is 0.828 bits per heavy atom. The summed E-state index contributed by atoms with van der Waals surface area (Å²) in [5.41, 5.74) is 17.9. The van der Waals surface area contributed by atoms with Crippen LogP contribution in [0.25, 0.3) is 110 Å². The smallest absolute Gasteiger partial charge is 0.0542 e. The van der Waals surface area contributed by atoms with Gasteiger partial charge in [0.1, 0.15) is 0 Å². The van der Waals surface area contributed by atoms with Gasteiger partial charge in [-0.05, 0) is 138 Å². The van der Waals surface area contributed by atoms with Crippen molar-refractivity contribution >= 4 is 71.0 Å². The Labute approximate surface area is 372 Å². The van der Waals surface area contributed by atoms with Gasteiger partial charge in [0.15, 0.2) is 0 Å². The number of rotatable bonds is 8. The number of para-hydroxylation sites is 4. The zero-order valence-corrected chi connectivity index (χ0v) is 35.9. The molecule has 0 radical (unpaired) electrons. The van der Waals surface area contributed by atoms with E-state index in [0.717, 1.165) is 17.8 Å². The number of hydrogen-bond donors (Lipinski definition) is 0. The minimum Gasteiger partial charge on any atom is -0.309 e. The molecule has 0 atom stereocenters. The Balaban J connectivity index is 1.01. The molecule has 64 heavy (non-hydrogen) atoms. The lowest BCUT2D eigenvalue weighted by Gasteiger charge is -2.14. The molecule has 0 saturated carbocycles. The van der Waals surface area contributed by atoms with Crippen LogP contribution in [0.5, 0.6) is 0 Å². The second-order valence-electron chi connectivity index (χ2n) is 16.7. The van der Waals surface area contributed by atoms with Gasteiger partial charge in [-0.1, -0.05) is 140 Å². The lowest BCUT2D eigenvalue weighted by Crippen LogP contribution is -1.97. The maximum atomic E-state index is 2.45. The van der Waals surface area contributed by atoms with E-state index >= 15 is 0 Å². The van der Waals surface area contributed by atoms with Crippen LogP contribution in [-0.4, -0.2) is 13.7 Å². The number of aromatic nitrogens is 3. The van der Waals surface area contributed by atoms with Crippen LogP contribution in [0.15, 0.2) is 224 Å². The Morgan fingerprint density at radius 3 is 1.39 bits per heavy atom. The van der Waals surface area contributed by atoms with Gasteiger partial charge in [0.25, 0.3) is 0 Å². The molecular formula is C61H45N3. The maximum Gasteiger partial charge on any atom is 0.0542 e. The fourth-order valence-electron chi connectivity index (χ4n) is 10.1. The second kappa shape index (κ2) is 15.3. The molecule has 0 aliphatic carbocycles. The first-order valence-electron chi connectivity index (χ1n) is 22.4. The highest BCUT2D eigenvalue weighted by Crippen LogP contribution is 2.41. The van der Waals surface area contributed by atoms with Gasteiger partial charge in [-0.25, -0.2) is 0 Å². The molecule has 0 amide bonds. The van der Waals surface area contributed by atoms with E-state index < -0.39 is 0 Å². The summed E-state index contributed by atoms with van der Waals surface area (Å²) in [5.74, 6) is 0. The Hall–Kier alpha value is -8.14. The van der Waals surface area contributed by atoms with Crippen molar-refractivity contribution in [3.63, 3.8) is 0 Å². The molecule has 0 N–H and O–H groups in total. The average Bonchev–Trinajstić information content (AvgIpc) is 3.99. The number of benzene rings is 9. The van der Waals surface area contributed by atoms with Crippen molar-refractivity contribution in [1.29, 1.82) is 0 Å². The van der Waals surface area contributed by atoms with Gasteiger partial charge in [0.2, 0.25) is 0 Å². The predicted molar refractivity (Wildman–Crippen MR) is 273 cm³/mol. The van der Waals surface area contributed by atoms with E-state index in [0.29, 0.717) is 0 Å². The van der Waals surface area contributed by atoms with E-state index in [-0.39, 0.29) is 0 Å². The molecule has 0 bridgehead atoms. The summed E-state index contributed by atoms with van der Waals surface area (Å²) in [7, 11) is 0. The molecule has 0 aliphatic heterocycles. The van der Waals surface area contributed by atoms with E-state index in [1.165, 1.54) is 104 Å². The minimum atomic E-state index is 0.991. The van der Waals surface area contributed by atoms with Crippen LogP contribution >= 0.6 is 0 Å². The number of hydrogen-bond acceptors (Lipinski definition) is 0. The molecule has 3 aromatic heterocycles. The van der Waals surface area contributed by atoms with Crippen LogP contribution in [-0.2, 0) is 0 Å². The standard InChI is InChI=1S/C61H45N3/c1-3-5-18-41(4-2)45-35-46(42-19-8-6-9-20-42)37-49(36-45)64-58-28-17-13-24-51(58)54-39-44(30-33-60(54)64)43-29-32-59-53(38-43)50-23-12-16-27-57(50)63(59)48-31-34-61-55(40-48)52-25-14-15-26-56(52)62(61)47-21-10-7-11-22-47/h4-40H,3H2,1-2H3/b18-5-,41-4+. The average molecular weight is 820 g/mol. The SMILES string of the molecule is C/C=C(\C=C/CC)c1cc(-c2ccccc2)cc(-n2c3ccccc3c3cc(-c4ccc5c(c4)c4ccccc4n5-c4ccc5c(c4)c4ccccc4n5-c4ccccc4)ccc32)c1. The van der Waals surface area contributed by atoms with Crippen LogP contribution in [0.4, 0.5) is 0 Å². The third-order valence-corrected chi connectivity index (χ3v) is 13.1. The topological polar surface area (TPSA) is 14.8 Å². The lowest BCUT2D eigenvalue weighted by molar-refractivity contribution is 1.17. The lowest BCUT2D eigenvalue weighted by atomic mass is 9.97. The largest absolute Gasteiger partial charge is 0.309 e. The van der Waals surface area contributed by atoms with Crippen molar-refractivity contribution < 1.29 is 0 Å². The first-order valence-corrected chi connectivity index (χ1v) is 22.4. The molecule has 3 heterocycles. The molecule has 3 nitrogen and oxygen atoms in total. The van der Waals surface area contributed by atoms with Crippen molar-refractivity contribution in [2.45, 2.75) is 20.3 Å². The molecule has 3 heteroatoms. The number of allylic oxidation sites excluding steroid dienone is 4. The molecule has 0 unspecified atom stereocenters. The van der Waals surface area contributed by atoms with Gasteiger partial charge in [-0.15, -0.1) is 0 Å². The van der Waals surface area contributed by atoms with Crippen LogP contribution in [0.2, 0.25) is 0 Å². The van der Waals surface area contributed by atoms with Crippen molar-refractivity contribution in [2.75, 3.05) is 0 Å². The zero-order valence-electron chi connectivity index (χ0n) is 35.9. The van der Waals surface area contributed by atoms with Crippen molar-refractivity contribution in [2.24, 2.45) is 0 Å². The first-order chi connectivity index (χ1) is 31.7. The first kappa shape index (κ1) is 37.6.